The number of thiophene rings is 1. The molecule has 0 aliphatic heterocycles. The summed E-state index contributed by atoms with van der Waals surface area (Å²) in [7, 11) is 1.49. The van der Waals surface area contributed by atoms with Crippen molar-refractivity contribution in [3.8, 4) is 5.75 Å². The van der Waals surface area contributed by atoms with E-state index in [-0.39, 0.29) is 18.0 Å². The fourth-order valence-corrected chi connectivity index (χ4v) is 3.69. The van der Waals surface area contributed by atoms with Crippen molar-refractivity contribution in [2.75, 3.05) is 20.2 Å². The number of hydrogen-bond donors (Lipinski definition) is 2. The molecule has 5 nitrogen and oxygen atoms in total. The molecule has 26 heavy (non-hydrogen) atoms. The Balaban J connectivity index is 2.39. The molecule has 0 atom stereocenters. The van der Waals surface area contributed by atoms with Crippen molar-refractivity contribution in [3.05, 3.63) is 28.4 Å². The molecule has 7 heteroatoms. The second kappa shape index (κ2) is 8.14. The minimum Gasteiger partial charge on any atom is -0.496 e. The van der Waals surface area contributed by atoms with Crippen LogP contribution in [0.5, 0.6) is 5.75 Å². The molecular formula is C19H24FNO4S. The number of carboxylic acid groups (broad SMARTS) is 1. The number of carbonyl (C=O) groups excluding carboxylic acids is 1. The van der Waals surface area contributed by atoms with Gasteiger partial charge in [-0.1, -0.05) is 6.92 Å². The third-order valence-corrected chi connectivity index (χ3v) is 5.42. The van der Waals surface area contributed by atoms with E-state index in [1.54, 1.807) is 6.07 Å². The fraction of sp³-hybridized carbons (Fsp3) is 0.474. The van der Waals surface area contributed by atoms with Crippen LogP contribution in [0, 0.1) is 11.2 Å². The molecule has 1 heterocycles. The lowest BCUT2D eigenvalue weighted by molar-refractivity contribution is -0.146. The second-order valence-electron chi connectivity index (χ2n) is 6.79. The van der Waals surface area contributed by atoms with Gasteiger partial charge < -0.3 is 15.2 Å². The van der Waals surface area contributed by atoms with Crippen molar-refractivity contribution >= 4 is 33.2 Å². The number of carboxylic acids is 1. The summed E-state index contributed by atoms with van der Waals surface area (Å²) in [5, 5.41) is 12.7. The van der Waals surface area contributed by atoms with Gasteiger partial charge in [0.1, 0.15) is 11.6 Å². The first-order valence-electron chi connectivity index (χ1n) is 8.47. The van der Waals surface area contributed by atoms with E-state index in [0.29, 0.717) is 39.2 Å². The number of nitrogens with one attached hydrogen (secondary N) is 1. The summed E-state index contributed by atoms with van der Waals surface area (Å²) in [6.07, 6.45) is 0.338. The number of halogens is 1. The molecule has 0 saturated heterocycles. The number of rotatable bonds is 9. The zero-order chi connectivity index (χ0) is 19.5. The van der Waals surface area contributed by atoms with Crippen molar-refractivity contribution in [3.63, 3.8) is 0 Å². The average molecular weight is 381 g/mol. The first-order chi connectivity index (χ1) is 12.2. The van der Waals surface area contributed by atoms with Crippen LogP contribution in [-0.4, -0.2) is 37.1 Å². The number of carbonyl (C=O) groups is 2. The predicted octanol–water partition coefficient (Wildman–Crippen LogP) is 3.88. The Bertz CT molecular complexity index is 829. The van der Waals surface area contributed by atoms with E-state index in [1.807, 2.05) is 6.92 Å². The number of ketones is 1. The van der Waals surface area contributed by atoms with Crippen molar-refractivity contribution in [1.82, 2.24) is 5.32 Å². The van der Waals surface area contributed by atoms with Gasteiger partial charge in [-0.3, -0.25) is 9.59 Å². The first-order valence-corrected chi connectivity index (χ1v) is 9.29. The van der Waals surface area contributed by atoms with Crippen molar-refractivity contribution in [2.45, 2.75) is 33.6 Å². The van der Waals surface area contributed by atoms with E-state index in [0.717, 1.165) is 17.9 Å². The predicted molar refractivity (Wildman–Crippen MR) is 101 cm³/mol. The normalized spacial score (nSPS) is 11.7. The van der Waals surface area contributed by atoms with E-state index in [2.05, 4.69) is 5.32 Å². The van der Waals surface area contributed by atoms with Gasteiger partial charge >= 0.3 is 5.97 Å². The van der Waals surface area contributed by atoms with E-state index in [9.17, 15) is 19.1 Å². The number of Topliss-reactive ketones (excluding diaryl/α,β-unsaturated/α-hetero) is 1. The van der Waals surface area contributed by atoms with Crippen LogP contribution in [0.25, 0.3) is 10.1 Å². The van der Waals surface area contributed by atoms with E-state index in [1.165, 1.54) is 27.0 Å². The Morgan fingerprint density at radius 3 is 2.62 bits per heavy atom. The van der Waals surface area contributed by atoms with Gasteiger partial charge in [0.25, 0.3) is 0 Å². The summed E-state index contributed by atoms with van der Waals surface area (Å²) in [5.41, 5.74) is -0.691. The lowest BCUT2D eigenvalue weighted by Crippen LogP contribution is -2.26. The molecule has 0 unspecified atom stereocenters. The van der Waals surface area contributed by atoms with Gasteiger partial charge in [0.2, 0.25) is 0 Å². The van der Waals surface area contributed by atoms with Gasteiger partial charge in [-0.05, 0) is 45.5 Å². The van der Waals surface area contributed by atoms with Crippen LogP contribution >= 0.6 is 11.3 Å². The number of benzene rings is 1. The molecule has 0 saturated carbocycles. The van der Waals surface area contributed by atoms with Crippen LogP contribution < -0.4 is 10.1 Å². The summed E-state index contributed by atoms with van der Waals surface area (Å²) >= 11 is 1.16. The van der Waals surface area contributed by atoms with Crippen LogP contribution in [0.15, 0.2) is 12.1 Å². The van der Waals surface area contributed by atoms with E-state index >= 15 is 0 Å². The third kappa shape index (κ3) is 4.22. The maximum atomic E-state index is 15.0. The average Bonchev–Trinajstić information content (AvgIpc) is 3.00. The number of ether oxygens (including phenoxy) is 1. The zero-order valence-corrected chi connectivity index (χ0v) is 16.3. The minimum atomic E-state index is -1.17. The number of hydrogen-bond acceptors (Lipinski definition) is 5. The van der Waals surface area contributed by atoms with Crippen LogP contribution in [0.1, 0.15) is 42.4 Å². The number of likely N-dealkylation sites (N-methyl/N-ethyl adjacent to an activating group) is 1. The molecule has 0 spiro atoms. The Morgan fingerprint density at radius 1 is 1.35 bits per heavy atom. The Kier molecular flexibility index (Phi) is 6.36. The first kappa shape index (κ1) is 20.3. The summed E-state index contributed by atoms with van der Waals surface area (Å²) in [4.78, 5) is 24.1. The molecular weight excluding hydrogens is 357 g/mol. The second-order valence-corrected chi connectivity index (χ2v) is 7.87. The van der Waals surface area contributed by atoms with Crippen LogP contribution in [0.2, 0.25) is 0 Å². The quantitative estimate of drug-likeness (QED) is 0.509. The number of methoxy groups -OCH3 is 1. The van der Waals surface area contributed by atoms with Crippen LogP contribution in [0.4, 0.5) is 4.39 Å². The van der Waals surface area contributed by atoms with Crippen LogP contribution in [-0.2, 0) is 11.2 Å². The molecule has 0 bridgehead atoms. The standard InChI is InChI=1S/C19H24FNO4S/c1-5-21-7-6-11-14(25-4)9-15-12(17(11)20)8-16(26-15)13(22)10-19(2,3)18(23)24/h8-9,21H,5-7,10H2,1-4H3,(H,23,24). The molecule has 1 aromatic carbocycles. The number of aliphatic carboxylic acids is 1. The molecule has 142 valence electrons. The Morgan fingerprint density at radius 2 is 2.04 bits per heavy atom. The van der Waals surface area contributed by atoms with Gasteiger partial charge in [-0.2, -0.15) is 0 Å². The highest BCUT2D eigenvalue weighted by Gasteiger charge is 2.31. The monoisotopic (exact) mass is 381 g/mol. The van der Waals surface area contributed by atoms with Gasteiger partial charge in [-0.25, -0.2) is 4.39 Å². The highest BCUT2D eigenvalue weighted by molar-refractivity contribution is 7.20. The largest absolute Gasteiger partial charge is 0.496 e. The smallest absolute Gasteiger partial charge is 0.309 e. The molecule has 0 radical (unpaired) electrons. The molecule has 0 aliphatic carbocycles. The van der Waals surface area contributed by atoms with Gasteiger partial charge in [0.15, 0.2) is 5.78 Å². The lowest BCUT2D eigenvalue weighted by atomic mass is 9.87. The van der Waals surface area contributed by atoms with E-state index < -0.39 is 11.4 Å². The molecule has 0 fully saturated rings. The van der Waals surface area contributed by atoms with Crippen molar-refractivity contribution in [2.24, 2.45) is 5.41 Å². The van der Waals surface area contributed by atoms with Gasteiger partial charge in [-0.15, -0.1) is 11.3 Å². The Hall–Kier alpha value is -1.99. The summed E-state index contributed by atoms with van der Waals surface area (Å²) in [6, 6.07) is 3.26. The maximum Gasteiger partial charge on any atom is 0.309 e. The molecule has 2 N–H and O–H groups in total. The zero-order valence-electron chi connectivity index (χ0n) is 15.4. The summed E-state index contributed by atoms with van der Waals surface area (Å²) in [6.45, 7) is 6.40. The van der Waals surface area contributed by atoms with E-state index in [4.69, 9.17) is 4.74 Å². The minimum absolute atomic E-state index is 0.138. The number of fused-ring (bicyclic) bond motifs is 1. The summed E-state index contributed by atoms with van der Waals surface area (Å²) in [5.74, 6) is -1.26. The third-order valence-electron chi connectivity index (χ3n) is 4.30. The molecule has 0 amide bonds. The Labute approximate surface area is 156 Å². The van der Waals surface area contributed by atoms with Gasteiger partial charge in [0, 0.05) is 22.1 Å². The maximum absolute atomic E-state index is 15.0. The highest BCUT2D eigenvalue weighted by atomic mass is 32.1. The van der Waals surface area contributed by atoms with Crippen LogP contribution in [0.3, 0.4) is 0 Å². The SMILES string of the molecule is CCNCCc1c(OC)cc2sc(C(=O)CC(C)(C)C(=O)O)cc2c1F. The van der Waals surface area contributed by atoms with Crippen molar-refractivity contribution < 1.29 is 23.8 Å². The van der Waals surface area contributed by atoms with Crippen molar-refractivity contribution in [1.29, 1.82) is 0 Å². The topological polar surface area (TPSA) is 75.6 Å². The van der Waals surface area contributed by atoms with Gasteiger partial charge in [0.05, 0.1) is 17.4 Å². The fourth-order valence-electron chi connectivity index (χ4n) is 2.67. The molecule has 2 rings (SSSR count). The molecule has 2 aromatic rings. The lowest BCUT2D eigenvalue weighted by Gasteiger charge is -2.16. The summed E-state index contributed by atoms with van der Waals surface area (Å²) < 4.78 is 20.9. The molecule has 1 aromatic heterocycles. The molecule has 0 aliphatic rings. The highest BCUT2D eigenvalue weighted by Crippen LogP contribution is 2.36.